The maximum atomic E-state index is 12.3. The third-order valence-electron chi connectivity index (χ3n) is 2.62. The molecule has 0 spiro atoms. The van der Waals surface area contributed by atoms with Crippen LogP contribution < -0.4 is 10.5 Å². The van der Waals surface area contributed by atoms with Gasteiger partial charge in [-0.3, -0.25) is 9.40 Å². The second-order valence-electron chi connectivity index (χ2n) is 4.41. The Morgan fingerprint density at radius 3 is 2.80 bits per heavy atom. The van der Waals surface area contributed by atoms with Gasteiger partial charge in [-0.2, -0.15) is 5.10 Å². The Morgan fingerprint density at radius 2 is 2.15 bits per heavy atom. The first-order valence-electron chi connectivity index (χ1n) is 6.22. The zero-order chi connectivity index (χ0) is 14.8. The van der Waals surface area contributed by atoms with E-state index in [1.54, 1.807) is 25.1 Å². The number of aryl methyl sites for hydroxylation is 2. The topological polar surface area (TPSA) is 103 Å². The van der Waals surface area contributed by atoms with Crippen LogP contribution in [-0.4, -0.2) is 23.2 Å². The SMILES string of the molecule is CCCn1cc(S(=O)(=O)Nc2cccc(C)n2)c(N)n1. The number of nitrogen functional groups attached to an aromatic ring is 1. The summed E-state index contributed by atoms with van der Waals surface area (Å²) in [6, 6.07) is 5.09. The van der Waals surface area contributed by atoms with Crippen molar-refractivity contribution in [2.45, 2.75) is 31.7 Å². The van der Waals surface area contributed by atoms with E-state index in [-0.39, 0.29) is 16.5 Å². The number of rotatable bonds is 5. The Hall–Kier alpha value is -2.09. The van der Waals surface area contributed by atoms with Gasteiger partial charge in [-0.25, -0.2) is 13.4 Å². The fourth-order valence-electron chi connectivity index (χ4n) is 1.76. The molecule has 0 amide bonds. The van der Waals surface area contributed by atoms with Gasteiger partial charge in [0.25, 0.3) is 10.0 Å². The van der Waals surface area contributed by atoms with Crippen LogP contribution in [0.15, 0.2) is 29.3 Å². The Kier molecular flexibility index (Phi) is 3.93. The predicted molar refractivity (Wildman–Crippen MR) is 76.7 cm³/mol. The van der Waals surface area contributed by atoms with Crippen molar-refractivity contribution in [3.05, 3.63) is 30.1 Å². The number of hydrogen-bond acceptors (Lipinski definition) is 5. The maximum Gasteiger partial charge on any atom is 0.268 e. The Morgan fingerprint density at radius 1 is 1.40 bits per heavy atom. The summed E-state index contributed by atoms with van der Waals surface area (Å²) in [7, 11) is -3.78. The van der Waals surface area contributed by atoms with Crippen LogP contribution in [0.2, 0.25) is 0 Å². The summed E-state index contributed by atoms with van der Waals surface area (Å²) in [5.41, 5.74) is 6.39. The van der Waals surface area contributed by atoms with Gasteiger partial charge in [0, 0.05) is 18.4 Å². The minimum atomic E-state index is -3.78. The van der Waals surface area contributed by atoms with Gasteiger partial charge < -0.3 is 5.73 Å². The number of aromatic nitrogens is 3. The summed E-state index contributed by atoms with van der Waals surface area (Å²) in [5.74, 6) is 0.242. The highest BCUT2D eigenvalue weighted by molar-refractivity contribution is 7.92. The Labute approximate surface area is 117 Å². The molecule has 0 bridgehead atoms. The largest absolute Gasteiger partial charge is 0.381 e. The normalized spacial score (nSPS) is 11.5. The van der Waals surface area contributed by atoms with E-state index in [2.05, 4.69) is 14.8 Å². The third kappa shape index (κ3) is 3.08. The highest BCUT2D eigenvalue weighted by Gasteiger charge is 2.21. The molecular formula is C12H17N5O2S. The highest BCUT2D eigenvalue weighted by Crippen LogP contribution is 2.19. The van der Waals surface area contributed by atoms with E-state index in [0.29, 0.717) is 6.54 Å². The number of anilines is 2. The van der Waals surface area contributed by atoms with Crippen LogP contribution in [0.4, 0.5) is 11.6 Å². The van der Waals surface area contributed by atoms with Crippen molar-refractivity contribution in [2.75, 3.05) is 10.5 Å². The predicted octanol–water partition coefficient (Wildman–Crippen LogP) is 1.38. The van der Waals surface area contributed by atoms with Crippen LogP contribution in [0.25, 0.3) is 0 Å². The molecule has 7 nitrogen and oxygen atoms in total. The first kappa shape index (κ1) is 14.3. The van der Waals surface area contributed by atoms with Crippen molar-refractivity contribution < 1.29 is 8.42 Å². The van der Waals surface area contributed by atoms with E-state index in [0.717, 1.165) is 12.1 Å². The Bertz CT molecular complexity index is 708. The van der Waals surface area contributed by atoms with Crippen molar-refractivity contribution in [1.29, 1.82) is 0 Å². The molecule has 0 saturated heterocycles. The number of sulfonamides is 1. The molecule has 0 aliphatic rings. The molecule has 20 heavy (non-hydrogen) atoms. The number of nitrogens with two attached hydrogens (primary N) is 1. The van der Waals surface area contributed by atoms with Crippen LogP contribution in [0.1, 0.15) is 19.0 Å². The van der Waals surface area contributed by atoms with Gasteiger partial charge in [0.2, 0.25) is 0 Å². The van der Waals surface area contributed by atoms with Gasteiger partial charge >= 0.3 is 0 Å². The number of nitrogens with zero attached hydrogens (tertiary/aromatic N) is 3. The Balaban J connectivity index is 2.30. The summed E-state index contributed by atoms with van der Waals surface area (Å²) in [5, 5.41) is 3.98. The monoisotopic (exact) mass is 295 g/mol. The van der Waals surface area contributed by atoms with Crippen molar-refractivity contribution in [3.63, 3.8) is 0 Å². The summed E-state index contributed by atoms with van der Waals surface area (Å²) in [4.78, 5) is 4.07. The van der Waals surface area contributed by atoms with Crippen LogP contribution >= 0.6 is 0 Å². The average molecular weight is 295 g/mol. The lowest BCUT2D eigenvalue weighted by molar-refractivity contribution is 0.595. The molecule has 0 aliphatic carbocycles. The third-order valence-corrected chi connectivity index (χ3v) is 4.00. The lowest BCUT2D eigenvalue weighted by atomic mass is 10.4. The van der Waals surface area contributed by atoms with Crippen LogP contribution in [0.3, 0.4) is 0 Å². The molecule has 108 valence electrons. The van der Waals surface area contributed by atoms with Gasteiger partial charge in [0.05, 0.1) is 0 Å². The molecule has 0 radical (unpaired) electrons. The molecule has 2 aromatic heterocycles. The van der Waals surface area contributed by atoms with Gasteiger partial charge in [-0.05, 0) is 25.5 Å². The molecule has 0 aliphatic heterocycles. The lowest BCUT2D eigenvalue weighted by Gasteiger charge is -2.06. The van der Waals surface area contributed by atoms with E-state index in [1.807, 2.05) is 6.92 Å². The molecule has 2 rings (SSSR count). The van der Waals surface area contributed by atoms with Gasteiger partial charge in [-0.1, -0.05) is 13.0 Å². The van der Waals surface area contributed by atoms with Crippen molar-refractivity contribution >= 4 is 21.7 Å². The number of hydrogen-bond donors (Lipinski definition) is 2. The zero-order valence-corrected chi connectivity index (χ0v) is 12.2. The first-order valence-corrected chi connectivity index (χ1v) is 7.70. The van der Waals surface area contributed by atoms with Gasteiger partial charge in [0.1, 0.15) is 10.7 Å². The smallest absolute Gasteiger partial charge is 0.268 e. The van der Waals surface area contributed by atoms with E-state index in [1.165, 1.54) is 10.9 Å². The molecule has 0 aromatic carbocycles. The molecule has 0 unspecified atom stereocenters. The van der Waals surface area contributed by atoms with Crippen LogP contribution in [0, 0.1) is 6.92 Å². The van der Waals surface area contributed by atoms with Gasteiger partial charge in [-0.15, -0.1) is 0 Å². The van der Waals surface area contributed by atoms with Crippen LogP contribution in [-0.2, 0) is 16.6 Å². The molecule has 3 N–H and O–H groups in total. The second kappa shape index (κ2) is 5.49. The number of nitrogens with one attached hydrogen (secondary N) is 1. The molecule has 0 fully saturated rings. The summed E-state index contributed by atoms with van der Waals surface area (Å²) >= 11 is 0. The van der Waals surface area contributed by atoms with Crippen LogP contribution in [0.5, 0.6) is 0 Å². The molecule has 8 heteroatoms. The standard InChI is InChI=1S/C12H17N5O2S/c1-3-7-17-8-10(12(13)15-17)20(18,19)16-11-6-4-5-9(2)14-11/h4-6,8H,3,7H2,1-2H3,(H2,13,15)(H,14,16). The molecule has 0 saturated carbocycles. The van der Waals surface area contributed by atoms with Crippen molar-refractivity contribution in [1.82, 2.24) is 14.8 Å². The summed E-state index contributed by atoms with van der Waals surface area (Å²) in [6.07, 6.45) is 2.27. The molecule has 2 aromatic rings. The fourth-order valence-corrected chi connectivity index (χ4v) is 2.84. The molecule has 2 heterocycles. The van der Waals surface area contributed by atoms with E-state index >= 15 is 0 Å². The second-order valence-corrected chi connectivity index (χ2v) is 6.06. The minimum absolute atomic E-state index is 0.0152. The summed E-state index contributed by atoms with van der Waals surface area (Å²) in [6.45, 7) is 4.37. The fraction of sp³-hybridized carbons (Fsp3) is 0.333. The maximum absolute atomic E-state index is 12.3. The molecule has 0 atom stereocenters. The summed E-state index contributed by atoms with van der Waals surface area (Å²) < 4.78 is 28.5. The zero-order valence-electron chi connectivity index (χ0n) is 11.4. The highest BCUT2D eigenvalue weighted by atomic mass is 32.2. The molecular weight excluding hydrogens is 278 g/mol. The first-order chi connectivity index (χ1) is 9.42. The van der Waals surface area contributed by atoms with E-state index in [9.17, 15) is 8.42 Å². The lowest BCUT2D eigenvalue weighted by Crippen LogP contribution is -2.15. The minimum Gasteiger partial charge on any atom is -0.381 e. The van der Waals surface area contributed by atoms with E-state index < -0.39 is 10.0 Å². The average Bonchev–Trinajstić information content (AvgIpc) is 2.71. The number of pyridine rings is 1. The quantitative estimate of drug-likeness (QED) is 0.867. The van der Waals surface area contributed by atoms with Gasteiger partial charge in [0.15, 0.2) is 5.82 Å². The van der Waals surface area contributed by atoms with E-state index in [4.69, 9.17) is 5.73 Å². The van der Waals surface area contributed by atoms with Crippen molar-refractivity contribution in [2.24, 2.45) is 0 Å². The van der Waals surface area contributed by atoms with Crippen molar-refractivity contribution in [3.8, 4) is 0 Å².